The number of hydrogen-bond donors (Lipinski definition) is 0. The maximum atomic E-state index is 4.49. The van der Waals surface area contributed by atoms with Gasteiger partial charge in [0.1, 0.15) is 0 Å². The Balaban J connectivity index is 0.000000133. The first-order chi connectivity index (χ1) is 17.9. The molecule has 0 fully saturated rings. The minimum Gasteiger partial charge on any atom is -0.442 e. The largest absolute Gasteiger partial charge is 2.00 e. The second kappa shape index (κ2) is 9.94. The Hall–Kier alpha value is -3.78. The molecule has 8 rings (SSSR count). The molecule has 9 heteroatoms. The van der Waals surface area contributed by atoms with E-state index in [1.807, 2.05) is 36.7 Å². The van der Waals surface area contributed by atoms with E-state index in [1.54, 1.807) is 47.5 Å². The maximum absolute atomic E-state index is 4.49. The van der Waals surface area contributed by atoms with Gasteiger partial charge in [-0.2, -0.15) is 0 Å². The molecule has 0 atom stereocenters. The molecule has 6 aromatic heterocycles. The van der Waals surface area contributed by atoms with Gasteiger partial charge in [0.2, 0.25) is 0 Å². The standard InChI is InChI=1S/2C14H8N3S.Zn/c2*1-3-9(14-16-7-8-17-14)12-10(4-1)18-11-5-2-6-15-13(11)12;/h2*1-8H;/q2*-1;+2. The normalized spacial score (nSPS) is 11.0. The number of rotatable bonds is 2. The average molecular weight is 566 g/mol. The molecule has 37 heavy (non-hydrogen) atoms. The average Bonchev–Trinajstić information content (AvgIpc) is 3.73. The van der Waals surface area contributed by atoms with Gasteiger partial charge in [0.05, 0.1) is 20.4 Å². The van der Waals surface area contributed by atoms with Gasteiger partial charge >= 0.3 is 19.5 Å². The number of fused-ring (bicyclic) bond motifs is 6. The summed E-state index contributed by atoms with van der Waals surface area (Å²) in [5.74, 6) is 1.54. The van der Waals surface area contributed by atoms with Crippen LogP contribution < -0.4 is 9.97 Å². The molecule has 0 spiro atoms. The summed E-state index contributed by atoms with van der Waals surface area (Å²) in [5.41, 5.74) is 4.20. The van der Waals surface area contributed by atoms with E-state index in [9.17, 15) is 0 Å². The van der Waals surface area contributed by atoms with Gasteiger partial charge in [-0.1, -0.05) is 60.7 Å². The van der Waals surface area contributed by atoms with Crippen molar-refractivity contribution in [3.8, 4) is 22.8 Å². The van der Waals surface area contributed by atoms with E-state index in [4.69, 9.17) is 0 Å². The number of benzene rings is 2. The molecular weight excluding hydrogens is 550 g/mol. The molecule has 8 aromatic rings. The topological polar surface area (TPSA) is 79.8 Å². The number of thiophene rings is 2. The number of nitrogens with zero attached hydrogens (tertiary/aromatic N) is 6. The fourth-order valence-electron chi connectivity index (χ4n) is 4.41. The zero-order valence-corrected chi connectivity index (χ0v) is 24.0. The van der Waals surface area contributed by atoms with Gasteiger partial charge in [0, 0.05) is 32.6 Å². The van der Waals surface area contributed by atoms with Crippen molar-refractivity contribution < 1.29 is 19.5 Å². The summed E-state index contributed by atoms with van der Waals surface area (Å²) in [4.78, 5) is 26.1. The quantitative estimate of drug-likeness (QED) is 0.211. The third kappa shape index (κ3) is 4.15. The predicted octanol–water partition coefficient (Wildman–Crippen LogP) is 6.93. The van der Waals surface area contributed by atoms with E-state index in [2.05, 4.69) is 66.3 Å². The Kier molecular flexibility index (Phi) is 6.34. The summed E-state index contributed by atoms with van der Waals surface area (Å²) in [6, 6.07) is 20.6. The Labute approximate surface area is 232 Å². The molecule has 0 aliphatic rings. The first-order valence-corrected chi connectivity index (χ1v) is 12.9. The van der Waals surface area contributed by atoms with Crippen LogP contribution in [-0.4, -0.2) is 19.9 Å². The first-order valence-electron chi connectivity index (χ1n) is 11.3. The van der Waals surface area contributed by atoms with Crippen molar-refractivity contribution in [3.63, 3.8) is 0 Å². The summed E-state index contributed by atoms with van der Waals surface area (Å²) >= 11 is 3.51. The molecule has 0 N–H and O–H groups in total. The van der Waals surface area contributed by atoms with E-state index >= 15 is 0 Å². The zero-order valence-electron chi connectivity index (χ0n) is 19.4. The van der Waals surface area contributed by atoms with Crippen LogP contribution in [0.3, 0.4) is 0 Å². The fraction of sp³-hybridized carbons (Fsp3) is 0. The van der Waals surface area contributed by atoms with Crippen LogP contribution >= 0.6 is 22.7 Å². The first kappa shape index (κ1) is 23.6. The maximum Gasteiger partial charge on any atom is 2.00 e. The smallest absolute Gasteiger partial charge is 0.442 e. The molecule has 0 aliphatic heterocycles. The minimum absolute atomic E-state index is 0. The van der Waals surface area contributed by atoms with Gasteiger partial charge in [0.15, 0.2) is 0 Å². The van der Waals surface area contributed by atoms with Crippen molar-refractivity contribution in [3.05, 3.63) is 97.8 Å². The zero-order chi connectivity index (χ0) is 23.9. The summed E-state index contributed by atoms with van der Waals surface area (Å²) < 4.78 is 4.86. The van der Waals surface area contributed by atoms with Crippen LogP contribution in [0.1, 0.15) is 0 Å². The van der Waals surface area contributed by atoms with Gasteiger partial charge in [-0.3, -0.25) is 9.97 Å². The van der Waals surface area contributed by atoms with Gasteiger partial charge in [-0.25, -0.2) is 0 Å². The Bertz CT molecular complexity index is 1810. The molecule has 0 aliphatic carbocycles. The van der Waals surface area contributed by atoms with E-state index < -0.39 is 0 Å². The van der Waals surface area contributed by atoms with Gasteiger partial charge < -0.3 is 19.9 Å². The van der Waals surface area contributed by atoms with Crippen molar-refractivity contribution in [2.45, 2.75) is 0 Å². The summed E-state index contributed by atoms with van der Waals surface area (Å²) in [5, 5.41) is 2.31. The Morgan fingerprint density at radius 3 is 1.38 bits per heavy atom. The third-order valence-corrected chi connectivity index (χ3v) is 8.13. The fourth-order valence-corrected chi connectivity index (χ4v) is 6.59. The van der Waals surface area contributed by atoms with E-state index in [-0.39, 0.29) is 19.5 Å². The van der Waals surface area contributed by atoms with Crippen LogP contribution in [0.5, 0.6) is 0 Å². The molecule has 0 amide bonds. The number of hydrogen-bond acceptors (Lipinski definition) is 6. The molecular formula is C28H16N6S2Zn. The minimum atomic E-state index is 0. The van der Waals surface area contributed by atoms with Crippen molar-refractivity contribution in [1.82, 2.24) is 29.9 Å². The van der Waals surface area contributed by atoms with Gasteiger partial charge in [-0.05, 0) is 47.5 Å². The van der Waals surface area contributed by atoms with Crippen LogP contribution in [0.25, 0.3) is 63.4 Å². The second-order valence-electron chi connectivity index (χ2n) is 8.02. The van der Waals surface area contributed by atoms with Crippen molar-refractivity contribution in [2.24, 2.45) is 0 Å². The monoisotopic (exact) mass is 564 g/mol. The molecule has 172 valence electrons. The predicted molar refractivity (Wildman–Crippen MR) is 147 cm³/mol. The molecule has 6 nitrogen and oxygen atoms in total. The Morgan fingerprint density at radius 1 is 0.486 bits per heavy atom. The van der Waals surface area contributed by atoms with E-state index in [1.165, 1.54) is 18.8 Å². The van der Waals surface area contributed by atoms with Crippen LogP contribution in [0.4, 0.5) is 0 Å². The molecule has 6 heterocycles. The third-order valence-electron chi connectivity index (χ3n) is 5.91. The summed E-state index contributed by atoms with van der Waals surface area (Å²) in [6.07, 6.45) is 10.5. The van der Waals surface area contributed by atoms with E-state index in [0.29, 0.717) is 0 Å². The molecule has 0 saturated carbocycles. The molecule has 0 unspecified atom stereocenters. The van der Waals surface area contributed by atoms with Crippen LogP contribution in [-0.2, 0) is 19.5 Å². The van der Waals surface area contributed by atoms with Crippen LogP contribution in [0.2, 0.25) is 0 Å². The van der Waals surface area contributed by atoms with Gasteiger partial charge in [0.25, 0.3) is 0 Å². The second-order valence-corrected chi connectivity index (χ2v) is 10.2. The number of pyridine rings is 2. The molecule has 0 radical (unpaired) electrons. The molecule has 2 aromatic carbocycles. The Morgan fingerprint density at radius 2 is 0.946 bits per heavy atom. The SMILES string of the molecule is [Zn+2].c1cnc2c(c1)sc1cccc(-c3ncc[n-]3)c12.c1cnc2c(c1)sc1cccc(-c3ncc[n-]3)c12. The summed E-state index contributed by atoms with van der Waals surface area (Å²) in [6.45, 7) is 0. The van der Waals surface area contributed by atoms with Crippen LogP contribution in [0.15, 0.2) is 97.8 Å². The van der Waals surface area contributed by atoms with Crippen molar-refractivity contribution in [2.75, 3.05) is 0 Å². The molecule has 0 saturated heterocycles. The number of aromatic nitrogens is 6. The summed E-state index contributed by atoms with van der Waals surface area (Å²) in [7, 11) is 0. The van der Waals surface area contributed by atoms with E-state index in [0.717, 1.165) is 44.6 Å². The van der Waals surface area contributed by atoms with Crippen molar-refractivity contribution in [1.29, 1.82) is 0 Å². The number of imidazole rings is 2. The van der Waals surface area contributed by atoms with Crippen LogP contribution in [0, 0.1) is 0 Å². The molecule has 0 bridgehead atoms. The van der Waals surface area contributed by atoms with Crippen molar-refractivity contribution >= 4 is 63.3 Å². The van der Waals surface area contributed by atoms with Gasteiger partial charge in [-0.15, -0.1) is 22.7 Å².